The van der Waals surface area contributed by atoms with Gasteiger partial charge in [-0.1, -0.05) is 0 Å². The number of nitrogens with two attached hydrogens (primary N) is 1. The maximum atomic E-state index is 12.8. The number of nitrogens with zero attached hydrogens (tertiary/aromatic N) is 3. The number of alkyl halides is 2. The van der Waals surface area contributed by atoms with E-state index in [1.807, 2.05) is 0 Å². The summed E-state index contributed by atoms with van der Waals surface area (Å²) in [6, 6.07) is 6.32. The summed E-state index contributed by atoms with van der Waals surface area (Å²) in [5, 5.41) is 7.18. The first-order chi connectivity index (χ1) is 16.5. The largest absolute Gasteiger partial charge is 0.483 e. The fourth-order valence-corrected chi connectivity index (χ4v) is 3.92. The summed E-state index contributed by atoms with van der Waals surface area (Å²) in [4.78, 5) is 28.5. The van der Waals surface area contributed by atoms with Gasteiger partial charge in [-0.05, 0) is 49.9 Å². The molecule has 0 saturated heterocycles. The Morgan fingerprint density at radius 1 is 1.15 bits per heavy atom. The SMILES string of the molecule is NC(=O)c1cccnc1OC1CCC(NC(=O)c2cnn3cc(OC(CF)CF)ccc23)CC1. The molecule has 1 aliphatic carbocycles. The molecular weight excluding hydrogens is 448 g/mol. The standard InChI is InChI=1S/C23H25F2N5O4/c24-10-17(11-25)33-16-7-8-20-19(12-28-30(20)13-16)22(32)29-14-3-5-15(6-4-14)34-23-18(21(26)31)2-1-9-27-23/h1-2,7-9,12-15,17H,3-6,10-11H2,(H2,26,31)(H,29,32). The molecule has 0 atom stereocenters. The molecule has 3 aromatic rings. The number of aromatic nitrogens is 3. The highest BCUT2D eigenvalue weighted by atomic mass is 19.1. The Hall–Kier alpha value is -3.76. The molecule has 180 valence electrons. The normalized spacial score (nSPS) is 18.1. The molecule has 3 N–H and O–H groups in total. The highest BCUT2D eigenvalue weighted by Crippen LogP contribution is 2.25. The van der Waals surface area contributed by atoms with Crippen LogP contribution < -0.4 is 20.5 Å². The highest BCUT2D eigenvalue weighted by Gasteiger charge is 2.26. The van der Waals surface area contributed by atoms with Crippen molar-refractivity contribution in [2.75, 3.05) is 13.3 Å². The smallest absolute Gasteiger partial charge is 0.255 e. The van der Waals surface area contributed by atoms with E-state index < -0.39 is 25.4 Å². The number of rotatable bonds is 9. The van der Waals surface area contributed by atoms with Crippen LogP contribution in [0, 0.1) is 0 Å². The predicted molar refractivity (Wildman–Crippen MR) is 118 cm³/mol. The van der Waals surface area contributed by atoms with E-state index in [1.165, 1.54) is 16.9 Å². The first-order valence-corrected chi connectivity index (χ1v) is 11.0. The lowest BCUT2D eigenvalue weighted by atomic mass is 9.92. The van der Waals surface area contributed by atoms with Gasteiger partial charge in [-0.3, -0.25) is 9.59 Å². The number of hydrogen-bond donors (Lipinski definition) is 2. The Balaban J connectivity index is 1.34. The minimum absolute atomic E-state index is 0.0425. The van der Waals surface area contributed by atoms with Gasteiger partial charge in [0.15, 0.2) is 6.10 Å². The van der Waals surface area contributed by atoms with Crippen LogP contribution in [-0.2, 0) is 0 Å². The van der Waals surface area contributed by atoms with E-state index in [4.69, 9.17) is 15.2 Å². The fraction of sp³-hybridized carbons (Fsp3) is 0.391. The second-order valence-corrected chi connectivity index (χ2v) is 8.09. The maximum Gasteiger partial charge on any atom is 0.255 e. The monoisotopic (exact) mass is 473 g/mol. The number of carbonyl (C=O) groups excluding carboxylic acids is 2. The van der Waals surface area contributed by atoms with Crippen molar-refractivity contribution in [3.05, 3.63) is 54.0 Å². The first kappa shape index (κ1) is 23.4. The highest BCUT2D eigenvalue weighted by molar-refractivity contribution is 6.00. The van der Waals surface area contributed by atoms with Crippen LogP contribution in [0.2, 0.25) is 0 Å². The zero-order chi connectivity index (χ0) is 24.1. The van der Waals surface area contributed by atoms with Crippen LogP contribution in [-0.4, -0.2) is 58.0 Å². The van der Waals surface area contributed by atoms with Crippen LogP contribution in [0.1, 0.15) is 46.4 Å². The van der Waals surface area contributed by atoms with Gasteiger partial charge in [0.2, 0.25) is 5.88 Å². The number of hydrogen-bond acceptors (Lipinski definition) is 6. The van der Waals surface area contributed by atoms with Crippen molar-refractivity contribution in [2.45, 2.75) is 43.9 Å². The Morgan fingerprint density at radius 2 is 1.91 bits per heavy atom. The van der Waals surface area contributed by atoms with E-state index in [0.717, 1.165) is 0 Å². The minimum Gasteiger partial charge on any atom is -0.483 e. The summed E-state index contributed by atoms with van der Waals surface area (Å²) in [5.41, 5.74) is 6.55. The first-order valence-electron chi connectivity index (χ1n) is 11.0. The van der Waals surface area contributed by atoms with E-state index in [-0.39, 0.29) is 35.2 Å². The van der Waals surface area contributed by atoms with E-state index in [9.17, 15) is 18.4 Å². The molecule has 34 heavy (non-hydrogen) atoms. The second kappa shape index (κ2) is 10.4. The van der Waals surface area contributed by atoms with Gasteiger partial charge in [-0.25, -0.2) is 18.3 Å². The average molecular weight is 473 g/mol. The van der Waals surface area contributed by atoms with Gasteiger partial charge in [0.1, 0.15) is 30.8 Å². The molecule has 1 saturated carbocycles. The van der Waals surface area contributed by atoms with Gasteiger partial charge in [0, 0.05) is 12.2 Å². The molecule has 11 heteroatoms. The number of primary amides is 1. The molecule has 9 nitrogen and oxygen atoms in total. The molecule has 1 aliphatic rings. The summed E-state index contributed by atoms with van der Waals surface area (Å²) >= 11 is 0. The average Bonchev–Trinajstić information content (AvgIpc) is 3.27. The van der Waals surface area contributed by atoms with Gasteiger partial charge in [0.05, 0.1) is 23.5 Å². The Morgan fingerprint density at radius 3 is 2.62 bits per heavy atom. The van der Waals surface area contributed by atoms with Crippen LogP contribution in [0.3, 0.4) is 0 Å². The third-order valence-electron chi connectivity index (χ3n) is 5.70. The summed E-state index contributed by atoms with van der Waals surface area (Å²) in [7, 11) is 0. The summed E-state index contributed by atoms with van der Waals surface area (Å²) in [6.45, 7) is -1.88. The van der Waals surface area contributed by atoms with E-state index in [2.05, 4.69) is 15.4 Å². The van der Waals surface area contributed by atoms with Gasteiger partial charge in [-0.2, -0.15) is 5.10 Å². The van der Waals surface area contributed by atoms with Crippen LogP contribution in [0.15, 0.2) is 42.9 Å². The molecule has 3 heterocycles. The molecule has 1 fully saturated rings. The van der Waals surface area contributed by atoms with Gasteiger partial charge in [-0.15, -0.1) is 0 Å². The van der Waals surface area contributed by atoms with Gasteiger partial charge >= 0.3 is 0 Å². The number of ether oxygens (including phenoxy) is 2. The Labute approximate surface area is 194 Å². The predicted octanol–water partition coefficient (Wildman–Crippen LogP) is 2.63. The van der Waals surface area contributed by atoms with Crippen molar-refractivity contribution in [1.82, 2.24) is 19.9 Å². The molecule has 0 unspecified atom stereocenters. The lowest BCUT2D eigenvalue weighted by Gasteiger charge is -2.29. The van der Waals surface area contributed by atoms with Crippen molar-refractivity contribution in [2.24, 2.45) is 5.73 Å². The molecule has 0 spiro atoms. The number of halogens is 2. The van der Waals surface area contributed by atoms with E-state index in [0.29, 0.717) is 36.8 Å². The Kier molecular flexibility index (Phi) is 7.19. The lowest BCUT2D eigenvalue weighted by Crippen LogP contribution is -2.39. The summed E-state index contributed by atoms with van der Waals surface area (Å²) in [5.74, 6) is -0.380. The summed E-state index contributed by atoms with van der Waals surface area (Å²) < 4.78 is 38.0. The number of carbonyl (C=O) groups is 2. The molecule has 3 aromatic heterocycles. The fourth-order valence-electron chi connectivity index (χ4n) is 3.92. The number of pyridine rings is 2. The molecule has 0 aliphatic heterocycles. The number of fused-ring (bicyclic) bond motifs is 1. The second-order valence-electron chi connectivity index (χ2n) is 8.09. The Bertz CT molecular complexity index is 1160. The van der Waals surface area contributed by atoms with Crippen molar-refractivity contribution in [3.63, 3.8) is 0 Å². The molecule has 0 radical (unpaired) electrons. The minimum atomic E-state index is -1.17. The van der Waals surface area contributed by atoms with Crippen molar-refractivity contribution < 1.29 is 27.8 Å². The van der Waals surface area contributed by atoms with Gasteiger partial charge < -0.3 is 20.5 Å². The molecule has 0 aromatic carbocycles. The van der Waals surface area contributed by atoms with Crippen molar-refractivity contribution in [1.29, 1.82) is 0 Å². The van der Waals surface area contributed by atoms with Crippen molar-refractivity contribution >= 4 is 17.3 Å². The molecule has 0 bridgehead atoms. The van der Waals surface area contributed by atoms with Crippen molar-refractivity contribution in [3.8, 4) is 11.6 Å². The molecular formula is C23H25F2N5O4. The third-order valence-corrected chi connectivity index (χ3v) is 5.70. The van der Waals surface area contributed by atoms with E-state index in [1.54, 1.807) is 30.5 Å². The quantitative estimate of drug-likeness (QED) is 0.493. The third kappa shape index (κ3) is 5.24. The van der Waals surface area contributed by atoms with Crippen LogP contribution in [0.25, 0.3) is 5.52 Å². The zero-order valence-corrected chi connectivity index (χ0v) is 18.3. The van der Waals surface area contributed by atoms with Crippen LogP contribution >= 0.6 is 0 Å². The maximum absolute atomic E-state index is 12.8. The molecule has 2 amide bonds. The summed E-state index contributed by atoms with van der Waals surface area (Å²) in [6.07, 6.45) is 5.91. The number of nitrogens with one attached hydrogen (secondary N) is 1. The lowest BCUT2D eigenvalue weighted by molar-refractivity contribution is 0.0882. The zero-order valence-electron chi connectivity index (χ0n) is 18.3. The van der Waals surface area contributed by atoms with Crippen LogP contribution in [0.5, 0.6) is 11.6 Å². The van der Waals surface area contributed by atoms with Gasteiger partial charge in [0.25, 0.3) is 11.8 Å². The molecule has 4 rings (SSSR count). The van der Waals surface area contributed by atoms with E-state index >= 15 is 0 Å². The topological polar surface area (TPSA) is 121 Å². The number of amides is 2. The van der Waals surface area contributed by atoms with Crippen LogP contribution in [0.4, 0.5) is 8.78 Å².